The molecule has 1 N–H and O–H groups in total. The molecule has 2 bridgehead atoms. The van der Waals surface area contributed by atoms with Crippen molar-refractivity contribution < 1.29 is 5.11 Å². The minimum atomic E-state index is 0.250. The normalized spacial score (nSPS) is 39.9. The largest absolute Gasteiger partial charge is 0.397 e. The van der Waals surface area contributed by atoms with Crippen LogP contribution in [0.1, 0.15) is 47.0 Å². The van der Waals surface area contributed by atoms with Crippen LogP contribution in [0.5, 0.6) is 0 Å². The molecule has 1 nitrogen and oxygen atoms in total. The zero-order valence-corrected chi connectivity index (χ0v) is 9.51. The van der Waals surface area contributed by atoms with Crippen LogP contribution in [0.25, 0.3) is 0 Å². The third-order valence-electron chi connectivity index (χ3n) is 4.20. The van der Waals surface area contributed by atoms with Gasteiger partial charge in [0.25, 0.3) is 0 Å². The quantitative estimate of drug-likeness (QED) is 0.613. The Kier molecular flexibility index (Phi) is 3.39. The Morgan fingerprint density at radius 3 is 2.08 bits per heavy atom. The Balaban J connectivity index is 0.000000251. The number of hydrogen-bond donors (Lipinski definition) is 1. The highest BCUT2D eigenvalue weighted by molar-refractivity contribution is 5.01. The second-order valence-corrected chi connectivity index (χ2v) is 5.23. The summed E-state index contributed by atoms with van der Waals surface area (Å²) in [6, 6.07) is 0. The van der Waals surface area contributed by atoms with Crippen molar-refractivity contribution in [2.24, 2.45) is 23.2 Å². The number of hydrogen-bond acceptors (Lipinski definition) is 1. The molecule has 3 aliphatic rings. The van der Waals surface area contributed by atoms with Gasteiger partial charge in [0.2, 0.25) is 0 Å². The van der Waals surface area contributed by atoms with Crippen molar-refractivity contribution in [3.63, 3.8) is 0 Å². The van der Waals surface area contributed by atoms with Crippen molar-refractivity contribution >= 4 is 0 Å². The summed E-state index contributed by atoms with van der Waals surface area (Å²) in [5.41, 5.74) is 0.706. The lowest BCUT2D eigenvalue weighted by Gasteiger charge is -2.59. The van der Waals surface area contributed by atoms with Crippen LogP contribution < -0.4 is 0 Å². The maximum atomic E-state index is 7.57. The molecule has 0 saturated heterocycles. The van der Waals surface area contributed by atoms with Crippen molar-refractivity contribution in [3.05, 3.63) is 0 Å². The Bertz CT molecular complexity index is 161. The summed E-state index contributed by atoms with van der Waals surface area (Å²) in [5.74, 6) is 3.15. The molecule has 0 aromatic carbocycles. The summed E-state index contributed by atoms with van der Waals surface area (Å²) in [6.07, 6.45) is 4.54. The molecule has 78 valence electrons. The maximum Gasteiger partial charge on any atom is 0.0402 e. The maximum absolute atomic E-state index is 7.57. The van der Waals surface area contributed by atoms with Gasteiger partial charge in [0.05, 0.1) is 0 Å². The van der Waals surface area contributed by atoms with Gasteiger partial charge in [-0.1, -0.05) is 27.2 Å². The summed E-state index contributed by atoms with van der Waals surface area (Å²) in [6.45, 7) is 9.28. The summed E-state index contributed by atoms with van der Waals surface area (Å²) in [5, 5.41) is 7.57. The van der Waals surface area contributed by atoms with Crippen LogP contribution in [0.2, 0.25) is 0 Å². The summed E-state index contributed by atoms with van der Waals surface area (Å²) < 4.78 is 0. The van der Waals surface area contributed by atoms with E-state index >= 15 is 0 Å². The van der Waals surface area contributed by atoms with Crippen molar-refractivity contribution in [2.75, 3.05) is 6.61 Å². The van der Waals surface area contributed by atoms with E-state index in [4.69, 9.17) is 5.11 Å². The van der Waals surface area contributed by atoms with Gasteiger partial charge in [0.15, 0.2) is 0 Å². The molecular weight excluding hydrogens is 160 g/mol. The zero-order chi connectivity index (χ0) is 10.1. The van der Waals surface area contributed by atoms with Crippen molar-refractivity contribution in [1.82, 2.24) is 0 Å². The van der Waals surface area contributed by atoms with Gasteiger partial charge in [0.1, 0.15) is 0 Å². The second-order valence-electron chi connectivity index (χ2n) is 5.23. The van der Waals surface area contributed by atoms with E-state index in [0.29, 0.717) is 5.41 Å². The molecule has 3 saturated carbocycles. The SMILES string of the molecule is CC1CCC2CC1C2(C)C.CCO. The Morgan fingerprint density at radius 2 is 1.85 bits per heavy atom. The second kappa shape index (κ2) is 4.00. The monoisotopic (exact) mass is 184 g/mol. The lowest BCUT2D eigenvalue weighted by atomic mass is 9.46. The summed E-state index contributed by atoms with van der Waals surface area (Å²) in [7, 11) is 0. The van der Waals surface area contributed by atoms with E-state index in [-0.39, 0.29) is 6.61 Å². The van der Waals surface area contributed by atoms with Crippen LogP contribution in [0.15, 0.2) is 0 Å². The summed E-state index contributed by atoms with van der Waals surface area (Å²) >= 11 is 0. The number of aliphatic hydroxyl groups is 1. The number of fused-ring (bicyclic) bond motifs is 2. The molecule has 0 spiro atoms. The molecule has 0 aromatic heterocycles. The van der Waals surface area contributed by atoms with E-state index in [1.165, 1.54) is 19.3 Å². The average Bonchev–Trinajstić information content (AvgIpc) is 2.05. The third kappa shape index (κ3) is 1.90. The van der Waals surface area contributed by atoms with E-state index in [0.717, 1.165) is 17.8 Å². The molecule has 3 aliphatic carbocycles. The minimum Gasteiger partial charge on any atom is -0.397 e. The smallest absolute Gasteiger partial charge is 0.0402 e. The fourth-order valence-electron chi connectivity index (χ4n) is 3.18. The van der Waals surface area contributed by atoms with Crippen LogP contribution in [-0.2, 0) is 0 Å². The summed E-state index contributed by atoms with van der Waals surface area (Å²) in [4.78, 5) is 0. The highest BCUT2D eigenvalue weighted by Crippen LogP contribution is 2.61. The molecule has 0 aromatic rings. The van der Waals surface area contributed by atoms with Gasteiger partial charge in [-0.2, -0.15) is 0 Å². The predicted octanol–water partition coefficient (Wildman–Crippen LogP) is 3.08. The van der Waals surface area contributed by atoms with E-state index in [9.17, 15) is 0 Å². The van der Waals surface area contributed by atoms with Gasteiger partial charge in [-0.3, -0.25) is 0 Å². The first kappa shape index (κ1) is 11.0. The lowest BCUT2D eigenvalue weighted by molar-refractivity contribution is -0.0988. The van der Waals surface area contributed by atoms with Crippen molar-refractivity contribution in [3.8, 4) is 0 Å². The highest BCUT2D eigenvalue weighted by Gasteiger charge is 2.52. The minimum absolute atomic E-state index is 0.250. The van der Waals surface area contributed by atoms with Gasteiger partial charge in [-0.05, 0) is 42.9 Å². The molecule has 3 unspecified atom stereocenters. The number of aliphatic hydroxyl groups excluding tert-OH is 1. The highest BCUT2D eigenvalue weighted by atomic mass is 16.2. The van der Waals surface area contributed by atoms with Gasteiger partial charge < -0.3 is 5.11 Å². The van der Waals surface area contributed by atoms with Gasteiger partial charge in [-0.15, -0.1) is 0 Å². The Hall–Kier alpha value is -0.0400. The topological polar surface area (TPSA) is 20.2 Å². The average molecular weight is 184 g/mol. The first-order valence-electron chi connectivity index (χ1n) is 5.64. The molecule has 0 heterocycles. The van der Waals surface area contributed by atoms with Crippen molar-refractivity contribution in [2.45, 2.75) is 47.0 Å². The molecular formula is C12H24O. The fourth-order valence-corrected chi connectivity index (χ4v) is 3.18. The molecule has 0 radical (unpaired) electrons. The molecule has 3 atom stereocenters. The number of rotatable bonds is 0. The van der Waals surface area contributed by atoms with Gasteiger partial charge >= 0.3 is 0 Å². The first-order chi connectivity index (χ1) is 6.04. The Morgan fingerprint density at radius 1 is 1.31 bits per heavy atom. The molecule has 0 aliphatic heterocycles. The molecule has 3 rings (SSSR count). The molecule has 13 heavy (non-hydrogen) atoms. The first-order valence-corrected chi connectivity index (χ1v) is 5.64. The molecule has 3 fully saturated rings. The van der Waals surface area contributed by atoms with E-state index < -0.39 is 0 Å². The van der Waals surface area contributed by atoms with Crippen LogP contribution in [-0.4, -0.2) is 11.7 Å². The van der Waals surface area contributed by atoms with Crippen molar-refractivity contribution in [1.29, 1.82) is 0 Å². The predicted molar refractivity (Wildman–Crippen MR) is 56.5 cm³/mol. The van der Waals surface area contributed by atoms with Crippen LogP contribution in [0.4, 0.5) is 0 Å². The van der Waals surface area contributed by atoms with Crippen LogP contribution in [0, 0.1) is 23.2 Å². The standard InChI is InChI=1S/C10H18.C2H6O/c1-7-4-5-8-6-9(7)10(8,2)3;1-2-3/h7-9H,4-6H2,1-3H3;3H,2H2,1H3. The lowest BCUT2D eigenvalue weighted by Crippen LogP contribution is -2.51. The van der Waals surface area contributed by atoms with E-state index in [2.05, 4.69) is 20.8 Å². The zero-order valence-electron chi connectivity index (χ0n) is 9.51. The van der Waals surface area contributed by atoms with Crippen LogP contribution >= 0.6 is 0 Å². The third-order valence-corrected chi connectivity index (χ3v) is 4.20. The van der Waals surface area contributed by atoms with Gasteiger partial charge in [-0.25, -0.2) is 0 Å². The Labute approximate surface area is 82.5 Å². The molecule has 0 amide bonds. The van der Waals surface area contributed by atoms with E-state index in [1.807, 2.05) is 0 Å². The molecule has 1 heteroatoms. The fraction of sp³-hybridized carbons (Fsp3) is 1.00. The van der Waals surface area contributed by atoms with E-state index in [1.54, 1.807) is 6.92 Å². The van der Waals surface area contributed by atoms with Gasteiger partial charge in [0, 0.05) is 6.61 Å². The van der Waals surface area contributed by atoms with Crippen LogP contribution in [0.3, 0.4) is 0 Å².